The van der Waals surface area contributed by atoms with Crippen LogP contribution in [0.5, 0.6) is 0 Å². The first-order chi connectivity index (χ1) is 13.3. The molecule has 2 saturated carbocycles. The van der Waals surface area contributed by atoms with E-state index in [-0.39, 0.29) is 23.0 Å². The Bertz CT molecular complexity index is 587. The molecule has 144 valence electrons. The highest BCUT2D eigenvalue weighted by atomic mass is 28.3. The fraction of sp³-hybridized carbons (Fsp3) is 1.00. The first-order valence-electron chi connectivity index (χ1n) is 12.4. The summed E-state index contributed by atoms with van der Waals surface area (Å²) in [5.74, 6) is 1.41. The van der Waals surface area contributed by atoms with Gasteiger partial charge in [0.25, 0.3) is 0 Å². The van der Waals surface area contributed by atoms with Crippen LogP contribution in [0.25, 0.3) is 0 Å². The standard InChI is InChI=1S/C20H38O3Si2/c1-13(15-5-7-19(3)17(9-15)21-19)11-24-23-25-12-14(2)16-6-8-20(4)18(10-16)22-20/h13-18H,5-12,24-25H2,1-4H3/i24D2,25D2. The van der Waals surface area contributed by atoms with E-state index in [9.17, 15) is 0 Å². The molecular formula is C20H38O3Si2. The van der Waals surface area contributed by atoms with Gasteiger partial charge in [0.1, 0.15) is 19.3 Å². The van der Waals surface area contributed by atoms with Crippen LogP contribution in [0.2, 0.25) is 12.1 Å². The van der Waals surface area contributed by atoms with E-state index in [1.807, 2.05) is 0 Å². The molecule has 0 aromatic heterocycles. The Hall–Kier alpha value is 0.314. The van der Waals surface area contributed by atoms with Crippen molar-refractivity contribution in [3.05, 3.63) is 0 Å². The topological polar surface area (TPSA) is 34.3 Å². The van der Waals surface area contributed by atoms with E-state index in [4.69, 9.17) is 18.5 Å². The quantitative estimate of drug-likeness (QED) is 0.474. The van der Waals surface area contributed by atoms with Crippen molar-refractivity contribution in [3.63, 3.8) is 0 Å². The molecule has 0 amide bonds. The lowest BCUT2D eigenvalue weighted by Gasteiger charge is -2.28. The lowest BCUT2D eigenvalue weighted by molar-refractivity contribution is 0.271. The molecule has 25 heavy (non-hydrogen) atoms. The zero-order valence-electron chi connectivity index (χ0n) is 20.3. The van der Waals surface area contributed by atoms with Gasteiger partial charge >= 0.3 is 0 Å². The monoisotopic (exact) mass is 386 g/mol. The van der Waals surface area contributed by atoms with Crippen molar-refractivity contribution in [2.24, 2.45) is 23.7 Å². The van der Waals surface area contributed by atoms with E-state index in [0.717, 1.165) is 38.5 Å². The van der Waals surface area contributed by atoms with E-state index in [0.29, 0.717) is 36.1 Å². The zero-order valence-corrected chi connectivity index (χ0v) is 18.3. The van der Waals surface area contributed by atoms with Gasteiger partial charge < -0.3 is 13.6 Å². The molecule has 2 saturated heterocycles. The Morgan fingerprint density at radius 1 is 0.960 bits per heavy atom. The lowest BCUT2D eigenvalue weighted by Crippen LogP contribution is -2.27. The van der Waals surface area contributed by atoms with Crippen LogP contribution >= 0.6 is 0 Å². The van der Waals surface area contributed by atoms with Gasteiger partial charge in [-0.2, -0.15) is 0 Å². The van der Waals surface area contributed by atoms with Gasteiger partial charge in [-0.3, -0.25) is 0 Å². The van der Waals surface area contributed by atoms with E-state index in [2.05, 4.69) is 27.7 Å². The second-order valence-electron chi connectivity index (χ2n) is 9.66. The highest BCUT2D eigenvalue weighted by Crippen LogP contribution is 2.52. The lowest BCUT2D eigenvalue weighted by atomic mass is 9.77. The third-order valence-electron chi connectivity index (χ3n) is 7.69. The molecule has 0 aromatic rings. The van der Waals surface area contributed by atoms with Crippen molar-refractivity contribution in [2.45, 2.75) is 102 Å². The smallest absolute Gasteiger partial charge is 0.146 e. The van der Waals surface area contributed by atoms with Crippen molar-refractivity contribution >= 4 is 19.3 Å². The summed E-state index contributed by atoms with van der Waals surface area (Å²) in [7, 11) is -7.05. The van der Waals surface area contributed by atoms with Crippen LogP contribution in [-0.2, 0) is 13.6 Å². The predicted octanol–water partition coefficient (Wildman–Crippen LogP) is 3.19. The van der Waals surface area contributed by atoms with E-state index in [1.54, 1.807) is 0 Å². The van der Waals surface area contributed by atoms with Gasteiger partial charge in [0.15, 0.2) is 0 Å². The van der Waals surface area contributed by atoms with E-state index < -0.39 is 19.3 Å². The second kappa shape index (κ2) is 7.04. The molecule has 5 heteroatoms. The largest absolute Gasteiger partial charge is 0.465 e. The summed E-state index contributed by atoms with van der Waals surface area (Å²) in [6, 6.07) is 0.805. The minimum absolute atomic E-state index is 0.0891. The SMILES string of the molecule is [2H][Si]([2H])(CC(C)C1CCC2(C)OC2C1)O[Si]([2H])([2H])CC(C)C1CCC2(C)OC2C1. The first kappa shape index (κ1) is 14.3. The summed E-state index contributed by atoms with van der Waals surface area (Å²) < 4.78 is 51.4. The normalized spacial score (nSPS) is 51.0. The minimum atomic E-state index is -3.53. The Kier molecular flexibility index (Phi) is 4.04. The van der Waals surface area contributed by atoms with Crippen LogP contribution in [0.4, 0.5) is 0 Å². The first-order valence-corrected chi connectivity index (χ1v) is 12.6. The number of ether oxygens (including phenoxy) is 2. The molecule has 8 atom stereocenters. The fourth-order valence-corrected chi connectivity index (χ4v) is 7.38. The van der Waals surface area contributed by atoms with Crippen molar-refractivity contribution in [2.75, 3.05) is 0 Å². The van der Waals surface area contributed by atoms with Gasteiger partial charge in [0.2, 0.25) is 0 Å². The molecule has 2 heterocycles. The maximum absolute atomic E-state index is 8.51. The van der Waals surface area contributed by atoms with Gasteiger partial charge in [-0.15, -0.1) is 0 Å². The summed E-state index contributed by atoms with van der Waals surface area (Å²) in [6.07, 6.45) is 7.05. The van der Waals surface area contributed by atoms with Crippen LogP contribution in [0, 0.1) is 23.7 Å². The molecule has 3 nitrogen and oxygen atoms in total. The van der Waals surface area contributed by atoms with Crippen molar-refractivity contribution < 1.29 is 13.6 Å². The van der Waals surface area contributed by atoms with Crippen LogP contribution in [0.1, 0.15) is 66.2 Å². The summed E-state index contributed by atoms with van der Waals surface area (Å²) in [5, 5.41) is 0. The zero-order chi connectivity index (χ0) is 21.2. The Balaban J connectivity index is 1.26. The number of epoxide rings is 2. The molecular weight excluding hydrogens is 344 g/mol. The molecule has 0 spiro atoms. The van der Waals surface area contributed by atoms with Crippen molar-refractivity contribution in [1.82, 2.24) is 0 Å². The third-order valence-corrected chi connectivity index (χ3v) is 10.5. The van der Waals surface area contributed by atoms with Gasteiger partial charge in [-0.05, 0) is 88.1 Å². The third kappa shape index (κ3) is 4.10. The molecule has 0 aromatic carbocycles. The average Bonchev–Trinajstić information content (AvgIpc) is 3.43. The Morgan fingerprint density at radius 3 is 1.80 bits per heavy atom. The summed E-state index contributed by atoms with van der Waals surface area (Å²) in [6.45, 7) is 8.61. The van der Waals surface area contributed by atoms with Crippen LogP contribution in [0.15, 0.2) is 0 Å². The molecule has 4 rings (SSSR count). The summed E-state index contributed by atoms with van der Waals surface area (Å²) in [4.78, 5) is 0. The highest BCUT2D eigenvalue weighted by molar-refractivity contribution is 6.42. The van der Waals surface area contributed by atoms with Crippen molar-refractivity contribution in [1.29, 1.82) is 4.94 Å². The molecule has 2 aliphatic heterocycles. The van der Waals surface area contributed by atoms with Gasteiger partial charge in [0, 0.05) is 4.94 Å². The molecule has 0 radical (unpaired) electrons. The second-order valence-corrected chi connectivity index (χ2v) is 11.9. The minimum Gasteiger partial charge on any atom is -0.465 e. The van der Waals surface area contributed by atoms with E-state index >= 15 is 0 Å². The maximum atomic E-state index is 8.51. The number of rotatable bonds is 8. The summed E-state index contributed by atoms with van der Waals surface area (Å²) in [5.41, 5.74) is 0.178. The molecule has 0 bridgehead atoms. The Morgan fingerprint density at radius 2 is 1.40 bits per heavy atom. The molecule has 8 unspecified atom stereocenters. The van der Waals surface area contributed by atoms with Crippen LogP contribution in [0.3, 0.4) is 0 Å². The molecule has 2 aliphatic carbocycles. The predicted molar refractivity (Wildman–Crippen MR) is 107 cm³/mol. The number of hydrogen-bond acceptors (Lipinski definition) is 3. The molecule has 0 N–H and O–H groups in total. The maximum Gasteiger partial charge on any atom is 0.146 e. The van der Waals surface area contributed by atoms with Crippen LogP contribution < -0.4 is 0 Å². The highest BCUT2D eigenvalue weighted by Gasteiger charge is 2.56. The fourth-order valence-electron chi connectivity index (χ4n) is 5.11. The van der Waals surface area contributed by atoms with Gasteiger partial charge in [0.05, 0.1) is 23.4 Å². The van der Waals surface area contributed by atoms with E-state index in [1.165, 1.54) is 0 Å². The number of fused-ring (bicyclic) bond motifs is 2. The summed E-state index contributed by atoms with van der Waals surface area (Å²) >= 11 is 0. The molecule has 4 fully saturated rings. The van der Waals surface area contributed by atoms with Gasteiger partial charge in [-0.1, -0.05) is 13.8 Å². The van der Waals surface area contributed by atoms with Crippen LogP contribution in [-0.4, -0.2) is 47.6 Å². The molecule has 4 aliphatic rings. The van der Waals surface area contributed by atoms with Gasteiger partial charge in [-0.25, -0.2) is 0 Å². The Labute approximate surface area is 163 Å². The number of hydrogen-bond donors (Lipinski definition) is 0. The average molecular weight is 387 g/mol. The van der Waals surface area contributed by atoms with Crippen molar-refractivity contribution in [3.8, 4) is 0 Å².